The summed E-state index contributed by atoms with van der Waals surface area (Å²) in [6.45, 7) is 2.78. The fourth-order valence-corrected chi connectivity index (χ4v) is 4.23. The smallest absolute Gasteiger partial charge is 0.333 e. The second-order valence-corrected chi connectivity index (χ2v) is 8.40. The monoisotopic (exact) mass is 468 g/mol. The van der Waals surface area contributed by atoms with Crippen LogP contribution in [0.4, 0.5) is 30.5 Å². The van der Waals surface area contributed by atoms with Crippen molar-refractivity contribution in [3.05, 3.63) is 60.8 Å². The summed E-state index contributed by atoms with van der Waals surface area (Å²) in [4.78, 5) is 11.0. The zero-order valence-corrected chi connectivity index (χ0v) is 18.6. The van der Waals surface area contributed by atoms with Gasteiger partial charge in [0.2, 0.25) is 0 Å². The van der Waals surface area contributed by atoms with Crippen molar-refractivity contribution in [1.29, 1.82) is 0 Å². The molecule has 5 rings (SSSR count). The van der Waals surface area contributed by atoms with Crippen molar-refractivity contribution in [2.75, 3.05) is 23.3 Å². The number of morpholine rings is 1. The van der Waals surface area contributed by atoms with Crippen LogP contribution in [-0.4, -0.2) is 45.0 Å². The Balaban J connectivity index is 1.40. The van der Waals surface area contributed by atoms with Crippen molar-refractivity contribution in [1.82, 2.24) is 19.7 Å². The van der Waals surface area contributed by atoms with Crippen molar-refractivity contribution >= 4 is 28.2 Å². The zero-order valence-electron chi connectivity index (χ0n) is 18.6. The Bertz CT molecular complexity index is 1320. The lowest BCUT2D eigenvalue weighted by Gasteiger charge is -2.36. The normalized spacial score (nSPS) is 18.6. The van der Waals surface area contributed by atoms with Crippen molar-refractivity contribution in [2.45, 2.75) is 32.6 Å². The minimum absolute atomic E-state index is 0.112. The molecule has 0 spiro atoms. The molecule has 0 unspecified atom stereocenters. The molecule has 34 heavy (non-hydrogen) atoms. The summed E-state index contributed by atoms with van der Waals surface area (Å²) in [5.74, 6) is 0.794. The highest BCUT2D eigenvalue weighted by atomic mass is 19.3. The molecule has 176 valence electrons. The Kier molecular flexibility index (Phi) is 5.82. The van der Waals surface area contributed by atoms with Gasteiger partial charge in [-0.2, -0.15) is 13.9 Å². The second kappa shape index (κ2) is 8.94. The fourth-order valence-electron chi connectivity index (χ4n) is 4.23. The predicted octanol–water partition coefficient (Wildman–Crippen LogP) is 5.38. The molecule has 1 aliphatic heterocycles. The highest BCUT2D eigenvalue weighted by Crippen LogP contribution is 2.30. The van der Waals surface area contributed by atoms with Gasteiger partial charge < -0.3 is 15.0 Å². The van der Waals surface area contributed by atoms with Crippen LogP contribution in [0.2, 0.25) is 0 Å². The standard InChI is InChI=1S/C24H23F3N6O/c1-14-11-32(12-15(2)34-14)23-9-18(4-6-29-23)30-22-8-16(3-5-28-22)19-7-17-13-33(24(26)27)31-21(17)10-20(19)25/h3-10,13-15,24H,11-12H2,1-2H3,(H,28,29,30)/t14-,15+. The van der Waals surface area contributed by atoms with Gasteiger partial charge in [-0.05, 0) is 43.7 Å². The lowest BCUT2D eigenvalue weighted by Crippen LogP contribution is -2.45. The molecule has 0 radical (unpaired) electrons. The molecule has 1 saturated heterocycles. The maximum absolute atomic E-state index is 14.8. The lowest BCUT2D eigenvalue weighted by atomic mass is 10.0. The lowest BCUT2D eigenvalue weighted by molar-refractivity contribution is -0.00545. The first kappa shape index (κ1) is 22.1. The number of aromatic nitrogens is 4. The van der Waals surface area contributed by atoms with Gasteiger partial charge in [-0.1, -0.05) is 0 Å². The number of benzene rings is 1. The number of ether oxygens (including phenoxy) is 1. The molecule has 1 aromatic carbocycles. The molecule has 1 fully saturated rings. The molecule has 0 aliphatic carbocycles. The first-order chi connectivity index (χ1) is 16.4. The minimum atomic E-state index is -2.79. The molecule has 0 bridgehead atoms. The molecular weight excluding hydrogens is 445 g/mol. The number of halogens is 3. The third-order valence-electron chi connectivity index (χ3n) is 5.64. The first-order valence-electron chi connectivity index (χ1n) is 10.9. The van der Waals surface area contributed by atoms with Crippen LogP contribution in [0.5, 0.6) is 0 Å². The average Bonchev–Trinajstić information content (AvgIpc) is 3.21. The second-order valence-electron chi connectivity index (χ2n) is 8.40. The van der Waals surface area contributed by atoms with Crippen molar-refractivity contribution in [3.8, 4) is 11.1 Å². The van der Waals surface area contributed by atoms with E-state index in [1.54, 1.807) is 24.5 Å². The molecule has 0 amide bonds. The number of alkyl halides is 2. The molecule has 7 nitrogen and oxygen atoms in total. The summed E-state index contributed by atoms with van der Waals surface area (Å²) in [6.07, 6.45) is 4.72. The number of pyridine rings is 2. The van der Waals surface area contributed by atoms with E-state index in [-0.39, 0.29) is 23.3 Å². The van der Waals surface area contributed by atoms with Gasteiger partial charge in [0.05, 0.1) is 17.7 Å². The van der Waals surface area contributed by atoms with Crippen molar-refractivity contribution in [3.63, 3.8) is 0 Å². The van der Waals surface area contributed by atoms with E-state index in [9.17, 15) is 13.2 Å². The van der Waals surface area contributed by atoms with Crippen LogP contribution in [-0.2, 0) is 4.74 Å². The average molecular weight is 468 g/mol. The maximum atomic E-state index is 14.8. The Morgan fingerprint density at radius 1 is 1.03 bits per heavy atom. The van der Waals surface area contributed by atoms with Crippen LogP contribution in [0.3, 0.4) is 0 Å². The Labute approximate surface area is 194 Å². The summed E-state index contributed by atoms with van der Waals surface area (Å²) in [5.41, 5.74) is 1.80. The summed E-state index contributed by atoms with van der Waals surface area (Å²) >= 11 is 0. The molecule has 4 heterocycles. The fraction of sp³-hybridized carbons (Fsp3) is 0.292. The van der Waals surface area contributed by atoms with Crippen LogP contribution in [0.1, 0.15) is 20.4 Å². The van der Waals surface area contributed by atoms with E-state index in [0.717, 1.165) is 30.7 Å². The highest BCUT2D eigenvalue weighted by Gasteiger charge is 2.23. The first-order valence-corrected chi connectivity index (χ1v) is 10.9. The van der Waals surface area contributed by atoms with E-state index in [4.69, 9.17) is 4.74 Å². The summed E-state index contributed by atoms with van der Waals surface area (Å²) in [7, 11) is 0. The number of anilines is 3. The molecule has 3 aromatic heterocycles. The number of nitrogens with one attached hydrogen (secondary N) is 1. The third kappa shape index (κ3) is 4.54. The van der Waals surface area contributed by atoms with Crippen molar-refractivity contribution in [2.24, 2.45) is 0 Å². The minimum Gasteiger partial charge on any atom is -0.372 e. The Morgan fingerprint density at radius 3 is 2.56 bits per heavy atom. The van der Waals surface area contributed by atoms with E-state index >= 15 is 0 Å². The summed E-state index contributed by atoms with van der Waals surface area (Å²) in [6, 6.07) is 9.82. The number of rotatable bonds is 5. The van der Waals surface area contributed by atoms with E-state index in [1.807, 2.05) is 26.0 Å². The van der Waals surface area contributed by atoms with Gasteiger partial charge in [-0.3, -0.25) is 0 Å². The largest absolute Gasteiger partial charge is 0.372 e. The highest BCUT2D eigenvalue weighted by molar-refractivity contribution is 5.85. The van der Waals surface area contributed by atoms with E-state index < -0.39 is 12.4 Å². The molecular formula is C24H23F3N6O. The van der Waals surface area contributed by atoms with Crippen LogP contribution in [0.15, 0.2) is 55.0 Å². The molecule has 0 saturated carbocycles. The molecule has 10 heteroatoms. The van der Waals surface area contributed by atoms with Crippen LogP contribution in [0.25, 0.3) is 22.0 Å². The van der Waals surface area contributed by atoms with Gasteiger partial charge in [0.1, 0.15) is 17.5 Å². The van der Waals surface area contributed by atoms with Crippen LogP contribution in [0, 0.1) is 5.82 Å². The SMILES string of the molecule is C[C@@H]1CN(c2cc(Nc3cc(-c4cc5cn(C(F)F)nc5cc4F)ccn3)ccn2)C[C@H](C)O1. The van der Waals surface area contributed by atoms with E-state index in [0.29, 0.717) is 21.4 Å². The van der Waals surface area contributed by atoms with E-state index in [1.165, 1.54) is 12.3 Å². The maximum Gasteiger partial charge on any atom is 0.333 e. The van der Waals surface area contributed by atoms with Gasteiger partial charge in [0, 0.05) is 60.4 Å². The van der Waals surface area contributed by atoms with Gasteiger partial charge >= 0.3 is 6.55 Å². The summed E-state index contributed by atoms with van der Waals surface area (Å²) < 4.78 is 47.0. The molecule has 1 aliphatic rings. The molecule has 4 aromatic rings. The number of hydrogen-bond donors (Lipinski definition) is 1. The van der Waals surface area contributed by atoms with Gasteiger partial charge in [-0.25, -0.2) is 19.0 Å². The summed E-state index contributed by atoms with van der Waals surface area (Å²) in [5, 5.41) is 7.39. The Morgan fingerprint density at radius 2 is 1.79 bits per heavy atom. The predicted molar refractivity (Wildman–Crippen MR) is 124 cm³/mol. The number of fused-ring (bicyclic) bond motifs is 1. The number of nitrogens with zero attached hydrogens (tertiary/aromatic N) is 5. The van der Waals surface area contributed by atoms with E-state index in [2.05, 4.69) is 25.3 Å². The Hall–Kier alpha value is -3.66. The third-order valence-corrected chi connectivity index (χ3v) is 5.64. The van der Waals surface area contributed by atoms with Crippen molar-refractivity contribution < 1.29 is 17.9 Å². The van der Waals surface area contributed by atoms with Crippen LogP contribution >= 0.6 is 0 Å². The molecule has 2 atom stereocenters. The van der Waals surface area contributed by atoms with Gasteiger partial charge in [0.25, 0.3) is 0 Å². The van der Waals surface area contributed by atoms with Crippen LogP contribution < -0.4 is 10.2 Å². The quantitative estimate of drug-likeness (QED) is 0.424. The van der Waals surface area contributed by atoms with Gasteiger partial charge in [0.15, 0.2) is 0 Å². The molecule has 1 N–H and O–H groups in total. The topological polar surface area (TPSA) is 68.1 Å². The zero-order chi connectivity index (χ0) is 23.8. The van der Waals surface area contributed by atoms with Gasteiger partial charge in [-0.15, -0.1) is 0 Å². The number of hydrogen-bond acceptors (Lipinski definition) is 6.